The van der Waals surface area contributed by atoms with E-state index >= 15 is 0 Å². The first-order valence-corrected chi connectivity index (χ1v) is 7.57. The minimum atomic E-state index is 0.483. The fraction of sp³-hybridized carbons (Fsp3) is 0.462. The first-order chi connectivity index (χ1) is 9.81. The lowest BCUT2D eigenvalue weighted by molar-refractivity contribution is 0.409. The van der Waals surface area contributed by atoms with Crippen molar-refractivity contribution in [3.05, 3.63) is 29.3 Å². The number of rotatable bonds is 6. The first-order valence-electron chi connectivity index (χ1n) is 6.58. The fourth-order valence-electron chi connectivity index (χ4n) is 2.02. The lowest BCUT2D eigenvalue weighted by Gasteiger charge is -2.09. The number of thioether (sulfide) groups is 1. The molecule has 1 fully saturated rings. The minimum absolute atomic E-state index is 0.483. The van der Waals surface area contributed by atoms with Gasteiger partial charge in [0.2, 0.25) is 5.16 Å². The highest BCUT2D eigenvalue weighted by atomic mass is 32.2. The maximum absolute atomic E-state index is 5.67. The molecular formula is C13H17N5OS. The van der Waals surface area contributed by atoms with Gasteiger partial charge in [0.1, 0.15) is 5.75 Å². The molecule has 1 aliphatic rings. The summed E-state index contributed by atoms with van der Waals surface area (Å²) >= 11 is 1.65. The molecule has 0 saturated heterocycles. The summed E-state index contributed by atoms with van der Waals surface area (Å²) in [6.07, 6.45) is 2.36. The van der Waals surface area contributed by atoms with Crippen LogP contribution in [0.2, 0.25) is 0 Å². The zero-order valence-corrected chi connectivity index (χ0v) is 12.1. The molecule has 0 amide bonds. The molecule has 1 aromatic carbocycles. The third kappa shape index (κ3) is 2.78. The van der Waals surface area contributed by atoms with Crippen LogP contribution in [0.25, 0.3) is 0 Å². The smallest absolute Gasteiger partial charge is 0.209 e. The maximum Gasteiger partial charge on any atom is 0.209 e. The van der Waals surface area contributed by atoms with E-state index in [1.165, 1.54) is 18.4 Å². The van der Waals surface area contributed by atoms with E-state index in [0.717, 1.165) is 22.2 Å². The van der Waals surface area contributed by atoms with Gasteiger partial charge >= 0.3 is 0 Å². The average Bonchev–Trinajstić information content (AvgIpc) is 3.23. The SMILES string of the molecule is COc1cc(CSc2nnnn2C2CC2)ccc1CN. The molecule has 0 radical (unpaired) electrons. The van der Waals surface area contributed by atoms with Crippen molar-refractivity contribution >= 4 is 11.8 Å². The first kappa shape index (κ1) is 13.4. The summed E-state index contributed by atoms with van der Waals surface area (Å²) in [5, 5.41) is 12.8. The topological polar surface area (TPSA) is 78.9 Å². The van der Waals surface area contributed by atoms with Gasteiger partial charge in [-0.15, -0.1) is 5.10 Å². The van der Waals surface area contributed by atoms with Crippen LogP contribution in [0.4, 0.5) is 0 Å². The maximum atomic E-state index is 5.67. The van der Waals surface area contributed by atoms with E-state index in [-0.39, 0.29) is 0 Å². The van der Waals surface area contributed by atoms with Crippen LogP contribution in [0, 0.1) is 0 Å². The third-order valence-corrected chi connectivity index (χ3v) is 4.30. The average molecular weight is 291 g/mol. The second-order valence-electron chi connectivity index (χ2n) is 4.78. The number of tetrazole rings is 1. The zero-order valence-electron chi connectivity index (χ0n) is 11.3. The highest BCUT2D eigenvalue weighted by Crippen LogP contribution is 2.37. The summed E-state index contributed by atoms with van der Waals surface area (Å²) in [4.78, 5) is 0. The summed E-state index contributed by atoms with van der Waals surface area (Å²) < 4.78 is 7.28. The second-order valence-corrected chi connectivity index (χ2v) is 5.72. The van der Waals surface area contributed by atoms with Crippen LogP contribution in [0.3, 0.4) is 0 Å². The Morgan fingerprint density at radius 3 is 3.00 bits per heavy atom. The fourth-order valence-corrected chi connectivity index (χ4v) is 2.91. The summed E-state index contributed by atoms with van der Waals surface area (Å²) in [5.41, 5.74) is 7.87. The molecule has 1 saturated carbocycles. The molecule has 0 bridgehead atoms. The van der Waals surface area contributed by atoms with Gasteiger partial charge in [-0.25, -0.2) is 4.68 Å². The summed E-state index contributed by atoms with van der Waals surface area (Å²) in [7, 11) is 1.67. The Kier molecular flexibility index (Phi) is 3.88. The van der Waals surface area contributed by atoms with E-state index in [4.69, 9.17) is 10.5 Å². The molecule has 2 aromatic rings. The largest absolute Gasteiger partial charge is 0.496 e. The molecule has 1 heterocycles. The van der Waals surface area contributed by atoms with Crippen molar-refractivity contribution in [3.63, 3.8) is 0 Å². The molecule has 6 nitrogen and oxygen atoms in total. The van der Waals surface area contributed by atoms with Crippen LogP contribution in [0.5, 0.6) is 5.75 Å². The van der Waals surface area contributed by atoms with Gasteiger partial charge in [0.05, 0.1) is 13.2 Å². The second kappa shape index (κ2) is 5.80. The van der Waals surface area contributed by atoms with E-state index < -0.39 is 0 Å². The summed E-state index contributed by atoms with van der Waals surface area (Å²) in [5.74, 6) is 1.65. The van der Waals surface area contributed by atoms with Gasteiger partial charge in [-0.05, 0) is 34.9 Å². The Bertz CT molecular complexity index is 596. The van der Waals surface area contributed by atoms with E-state index in [9.17, 15) is 0 Å². The molecule has 3 rings (SSSR count). The predicted molar refractivity (Wildman–Crippen MR) is 76.5 cm³/mol. The molecule has 106 valence electrons. The van der Waals surface area contributed by atoms with Gasteiger partial charge in [-0.3, -0.25) is 0 Å². The molecule has 0 atom stereocenters. The summed E-state index contributed by atoms with van der Waals surface area (Å²) in [6, 6.07) is 6.61. The summed E-state index contributed by atoms with van der Waals surface area (Å²) in [6.45, 7) is 0.483. The Morgan fingerprint density at radius 1 is 1.45 bits per heavy atom. The molecule has 2 N–H and O–H groups in total. The van der Waals surface area contributed by atoms with Crippen LogP contribution in [-0.2, 0) is 12.3 Å². The molecule has 1 aliphatic carbocycles. The highest BCUT2D eigenvalue weighted by Gasteiger charge is 2.27. The minimum Gasteiger partial charge on any atom is -0.496 e. The Morgan fingerprint density at radius 2 is 2.30 bits per heavy atom. The number of hydrogen-bond acceptors (Lipinski definition) is 6. The monoisotopic (exact) mass is 291 g/mol. The van der Waals surface area contributed by atoms with Crippen molar-refractivity contribution in [1.29, 1.82) is 0 Å². The van der Waals surface area contributed by atoms with Crippen LogP contribution < -0.4 is 10.5 Å². The Balaban J connectivity index is 1.70. The third-order valence-electron chi connectivity index (χ3n) is 3.29. The van der Waals surface area contributed by atoms with Crippen molar-refractivity contribution in [2.24, 2.45) is 5.73 Å². The molecule has 20 heavy (non-hydrogen) atoms. The van der Waals surface area contributed by atoms with Crippen LogP contribution in [0.1, 0.15) is 30.0 Å². The van der Waals surface area contributed by atoms with Crippen molar-refractivity contribution in [2.75, 3.05) is 7.11 Å². The lowest BCUT2D eigenvalue weighted by Crippen LogP contribution is -2.01. The number of nitrogens with two attached hydrogens (primary N) is 1. The van der Waals surface area contributed by atoms with Crippen molar-refractivity contribution in [3.8, 4) is 5.75 Å². The molecule has 0 spiro atoms. The predicted octanol–water partition coefficient (Wildman–Crippen LogP) is 1.77. The zero-order chi connectivity index (χ0) is 13.9. The van der Waals surface area contributed by atoms with E-state index in [1.54, 1.807) is 18.9 Å². The Hall–Kier alpha value is -1.60. The lowest BCUT2D eigenvalue weighted by atomic mass is 10.1. The van der Waals surface area contributed by atoms with Gasteiger partial charge in [0.15, 0.2) is 0 Å². The molecule has 0 unspecified atom stereocenters. The van der Waals surface area contributed by atoms with Crippen LogP contribution >= 0.6 is 11.8 Å². The number of nitrogens with zero attached hydrogens (tertiary/aromatic N) is 4. The van der Waals surface area contributed by atoms with Crippen LogP contribution in [0.15, 0.2) is 23.4 Å². The number of aromatic nitrogens is 4. The molecule has 7 heteroatoms. The van der Waals surface area contributed by atoms with Crippen molar-refractivity contribution < 1.29 is 4.74 Å². The van der Waals surface area contributed by atoms with E-state index in [0.29, 0.717) is 12.6 Å². The van der Waals surface area contributed by atoms with Gasteiger partial charge < -0.3 is 10.5 Å². The van der Waals surface area contributed by atoms with Crippen molar-refractivity contribution in [1.82, 2.24) is 20.2 Å². The standard InChI is InChI=1S/C13H17N5OS/c1-19-12-6-9(2-3-10(12)7-14)8-20-13-15-16-17-18(13)11-4-5-11/h2-3,6,11H,4-5,7-8,14H2,1H3. The van der Waals surface area contributed by atoms with Crippen molar-refractivity contribution in [2.45, 2.75) is 36.3 Å². The number of benzene rings is 1. The van der Waals surface area contributed by atoms with E-state index in [1.807, 2.05) is 16.8 Å². The van der Waals surface area contributed by atoms with Crippen LogP contribution in [-0.4, -0.2) is 27.3 Å². The highest BCUT2D eigenvalue weighted by molar-refractivity contribution is 7.98. The van der Waals surface area contributed by atoms with Gasteiger partial charge in [-0.2, -0.15) is 0 Å². The molecule has 1 aromatic heterocycles. The number of ether oxygens (including phenoxy) is 1. The normalized spacial score (nSPS) is 14.5. The molecule has 0 aliphatic heterocycles. The number of hydrogen-bond donors (Lipinski definition) is 1. The molecular weight excluding hydrogens is 274 g/mol. The quantitative estimate of drug-likeness (QED) is 0.817. The van der Waals surface area contributed by atoms with Gasteiger partial charge in [-0.1, -0.05) is 23.9 Å². The van der Waals surface area contributed by atoms with E-state index in [2.05, 4.69) is 21.6 Å². The van der Waals surface area contributed by atoms with Gasteiger partial charge in [0, 0.05) is 17.9 Å². The number of methoxy groups -OCH3 is 1. The Labute approximate surface area is 121 Å². The van der Waals surface area contributed by atoms with Gasteiger partial charge in [0.25, 0.3) is 0 Å².